The van der Waals surface area contributed by atoms with Gasteiger partial charge in [-0.3, -0.25) is 0 Å². The van der Waals surface area contributed by atoms with E-state index in [9.17, 15) is 8.42 Å². The number of unbranched alkanes of at least 4 members (excludes halogenated alkanes) is 6. The van der Waals surface area contributed by atoms with E-state index in [0.29, 0.717) is 19.4 Å². The van der Waals surface area contributed by atoms with Gasteiger partial charge in [-0.05, 0) is 19.3 Å². The highest BCUT2D eigenvalue weighted by atomic mass is 32.2. The maximum absolute atomic E-state index is 11.6. The Hall–Kier alpha value is -1.11. The van der Waals surface area contributed by atoms with Crippen LogP contribution in [0.2, 0.25) is 0 Å². The van der Waals surface area contributed by atoms with Crippen LogP contribution in [0.25, 0.3) is 0 Å². The van der Waals surface area contributed by atoms with E-state index in [1.54, 1.807) is 13.0 Å². The molecule has 0 heterocycles. The molecule has 0 aromatic carbocycles. The Morgan fingerprint density at radius 3 is 2.16 bits per heavy atom. The van der Waals surface area contributed by atoms with E-state index >= 15 is 0 Å². The smallest absolute Gasteiger partial charge is 0.214 e. The summed E-state index contributed by atoms with van der Waals surface area (Å²) in [6.45, 7) is 2.09. The molecule has 0 aliphatic rings. The summed E-state index contributed by atoms with van der Waals surface area (Å²) in [5, 5.41) is 16.1. The normalized spacial score (nSPS) is 12.6. The van der Waals surface area contributed by atoms with Gasteiger partial charge in [0.2, 0.25) is 10.0 Å². The molecule has 0 aliphatic heterocycles. The van der Waals surface area contributed by atoms with Crippen LogP contribution in [0.3, 0.4) is 0 Å². The maximum Gasteiger partial charge on any atom is 0.227 e. The zero-order valence-electron chi connectivity index (χ0n) is 11.6. The third-order valence-corrected chi connectivity index (χ3v) is 4.70. The van der Waals surface area contributed by atoms with Crippen LogP contribution in [0.15, 0.2) is 0 Å². The number of rotatable bonds is 11. The molecule has 0 rings (SSSR count). The Balaban J connectivity index is 3.60. The van der Waals surface area contributed by atoms with Crippen molar-refractivity contribution in [1.82, 2.24) is 4.72 Å². The average Bonchev–Trinajstić information content (AvgIpc) is 2.38. The van der Waals surface area contributed by atoms with Gasteiger partial charge in [0.25, 0.3) is 0 Å². The topological polar surface area (TPSA) is 93.8 Å². The fourth-order valence-corrected chi connectivity index (χ4v) is 2.94. The second-order valence-electron chi connectivity index (χ2n) is 4.49. The molecule has 0 saturated carbocycles. The molecule has 0 aliphatic carbocycles. The summed E-state index contributed by atoms with van der Waals surface area (Å²) in [5.74, 6) is 0. The standard InChI is InChI=1S/C13H23N3O2S/c1-2-13(12-15)19(17,18)16-11-9-7-5-3-4-6-8-10-14/h13,16H,2-9,11H2,1H3. The van der Waals surface area contributed by atoms with Crippen molar-refractivity contribution in [2.75, 3.05) is 6.54 Å². The van der Waals surface area contributed by atoms with E-state index in [2.05, 4.69) is 10.8 Å². The van der Waals surface area contributed by atoms with Crippen molar-refractivity contribution >= 4 is 10.0 Å². The molecule has 0 radical (unpaired) electrons. The number of hydrogen-bond donors (Lipinski definition) is 1. The molecule has 108 valence electrons. The van der Waals surface area contributed by atoms with Gasteiger partial charge in [-0.15, -0.1) is 0 Å². The van der Waals surface area contributed by atoms with Gasteiger partial charge in [-0.25, -0.2) is 13.1 Å². The molecule has 6 heteroatoms. The molecule has 0 spiro atoms. The second kappa shape index (κ2) is 10.8. The first-order valence-corrected chi connectivity index (χ1v) is 8.38. The zero-order valence-corrected chi connectivity index (χ0v) is 12.4. The monoisotopic (exact) mass is 285 g/mol. The van der Waals surface area contributed by atoms with Crippen LogP contribution in [-0.4, -0.2) is 20.2 Å². The largest absolute Gasteiger partial charge is 0.227 e. The first kappa shape index (κ1) is 17.9. The van der Waals surface area contributed by atoms with Gasteiger partial charge in [0.05, 0.1) is 12.1 Å². The number of nitrogens with zero attached hydrogens (tertiary/aromatic N) is 2. The summed E-state index contributed by atoms with van der Waals surface area (Å²) in [6.07, 6.45) is 6.84. The Labute approximate surface area is 116 Å². The van der Waals surface area contributed by atoms with Gasteiger partial charge < -0.3 is 0 Å². The minimum Gasteiger partial charge on any atom is -0.214 e. The fraction of sp³-hybridized carbons (Fsp3) is 0.846. The summed E-state index contributed by atoms with van der Waals surface area (Å²) in [7, 11) is -3.47. The quantitative estimate of drug-likeness (QED) is 0.590. The SMILES string of the molecule is CCC(C#N)S(=O)(=O)NCCCCCCCCC#N. The lowest BCUT2D eigenvalue weighted by Gasteiger charge is -2.09. The number of sulfonamides is 1. The van der Waals surface area contributed by atoms with Crippen LogP contribution in [-0.2, 0) is 10.0 Å². The van der Waals surface area contributed by atoms with Crippen LogP contribution >= 0.6 is 0 Å². The summed E-state index contributed by atoms with van der Waals surface area (Å²) >= 11 is 0. The molecule has 0 fully saturated rings. The van der Waals surface area contributed by atoms with E-state index in [1.807, 2.05) is 0 Å². The van der Waals surface area contributed by atoms with Gasteiger partial charge >= 0.3 is 0 Å². The van der Waals surface area contributed by atoms with E-state index < -0.39 is 15.3 Å². The number of hydrogen-bond acceptors (Lipinski definition) is 4. The summed E-state index contributed by atoms with van der Waals surface area (Å²) in [6, 6.07) is 3.91. The van der Waals surface area contributed by atoms with Crippen molar-refractivity contribution in [3.63, 3.8) is 0 Å². The molecule has 0 saturated heterocycles. The van der Waals surface area contributed by atoms with E-state index in [-0.39, 0.29) is 0 Å². The lowest BCUT2D eigenvalue weighted by molar-refractivity contribution is 0.559. The average molecular weight is 285 g/mol. The predicted molar refractivity (Wildman–Crippen MR) is 74.5 cm³/mol. The van der Waals surface area contributed by atoms with Crippen molar-refractivity contribution in [3.8, 4) is 12.1 Å². The number of nitriles is 2. The number of nitrogens with one attached hydrogen (secondary N) is 1. The third-order valence-electron chi connectivity index (χ3n) is 2.91. The lowest BCUT2D eigenvalue weighted by Crippen LogP contribution is -2.33. The van der Waals surface area contributed by atoms with Gasteiger partial charge in [-0.2, -0.15) is 10.5 Å². The molecule has 0 bridgehead atoms. The van der Waals surface area contributed by atoms with Crippen molar-refractivity contribution in [2.24, 2.45) is 0 Å². The molecule has 1 atom stereocenters. The van der Waals surface area contributed by atoms with E-state index in [0.717, 1.165) is 38.5 Å². The molecular weight excluding hydrogens is 262 g/mol. The Morgan fingerprint density at radius 1 is 1.05 bits per heavy atom. The lowest BCUT2D eigenvalue weighted by atomic mass is 10.1. The van der Waals surface area contributed by atoms with Gasteiger partial charge in [0.15, 0.2) is 5.25 Å². The maximum atomic E-state index is 11.6. The highest BCUT2D eigenvalue weighted by Gasteiger charge is 2.22. The highest BCUT2D eigenvalue weighted by Crippen LogP contribution is 2.07. The Bertz CT molecular complexity index is 407. The van der Waals surface area contributed by atoms with Crippen LogP contribution < -0.4 is 4.72 Å². The second-order valence-corrected chi connectivity index (χ2v) is 6.44. The fourth-order valence-electron chi connectivity index (χ4n) is 1.73. The van der Waals surface area contributed by atoms with Crippen LogP contribution in [0.5, 0.6) is 0 Å². The molecule has 0 aromatic rings. The van der Waals surface area contributed by atoms with Crippen molar-refractivity contribution < 1.29 is 8.42 Å². The van der Waals surface area contributed by atoms with Gasteiger partial charge in [-0.1, -0.05) is 32.6 Å². The van der Waals surface area contributed by atoms with Crippen molar-refractivity contribution in [2.45, 2.75) is 63.5 Å². The minimum atomic E-state index is -3.47. The minimum absolute atomic E-state index is 0.310. The zero-order chi connectivity index (χ0) is 14.6. The molecule has 0 aromatic heterocycles. The molecule has 19 heavy (non-hydrogen) atoms. The Kier molecular flexibility index (Phi) is 10.1. The molecule has 5 nitrogen and oxygen atoms in total. The van der Waals surface area contributed by atoms with E-state index in [1.165, 1.54) is 0 Å². The van der Waals surface area contributed by atoms with Crippen LogP contribution in [0.1, 0.15) is 58.3 Å². The molecule has 0 amide bonds. The summed E-state index contributed by atoms with van der Waals surface area (Å²) in [4.78, 5) is 0. The summed E-state index contributed by atoms with van der Waals surface area (Å²) in [5.41, 5.74) is 0. The first-order valence-electron chi connectivity index (χ1n) is 6.83. The molecule has 1 N–H and O–H groups in total. The summed E-state index contributed by atoms with van der Waals surface area (Å²) < 4.78 is 25.8. The van der Waals surface area contributed by atoms with Crippen LogP contribution in [0.4, 0.5) is 0 Å². The highest BCUT2D eigenvalue weighted by molar-refractivity contribution is 7.90. The van der Waals surface area contributed by atoms with E-state index in [4.69, 9.17) is 10.5 Å². The third kappa shape index (κ3) is 8.58. The van der Waals surface area contributed by atoms with Gasteiger partial charge in [0, 0.05) is 13.0 Å². The van der Waals surface area contributed by atoms with Crippen molar-refractivity contribution in [3.05, 3.63) is 0 Å². The van der Waals surface area contributed by atoms with Crippen molar-refractivity contribution in [1.29, 1.82) is 10.5 Å². The van der Waals surface area contributed by atoms with Gasteiger partial charge in [0.1, 0.15) is 0 Å². The molecule has 1 unspecified atom stereocenters. The molecular formula is C13H23N3O2S. The van der Waals surface area contributed by atoms with Crippen LogP contribution in [0, 0.1) is 22.7 Å². The first-order chi connectivity index (χ1) is 9.08. The predicted octanol–water partition coefficient (Wildman–Crippen LogP) is 2.46. The Morgan fingerprint density at radius 2 is 1.63 bits per heavy atom.